The summed E-state index contributed by atoms with van der Waals surface area (Å²) in [6.45, 7) is 4.54. The number of nitrogens with zero attached hydrogens (tertiary/aromatic N) is 1. The Balaban J connectivity index is 2.42. The second-order valence-electron chi connectivity index (χ2n) is 7.02. The molecule has 1 unspecified atom stereocenters. The topological polar surface area (TPSA) is 131 Å². The third-order valence-electron chi connectivity index (χ3n) is 4.12. The summed E-state index contributed by atoms with van der Waals surface area (Å²) in [4.78, 5) is 16.6. The molecule has 1 heterocycles. The maximum Gasteiger partial charge on any atom is 0.318 e. The van der Waals surface area contributed by atoms with Gasteiger partial charge in [0.05, 0.1) is 16.9 Å². The Labute approximate surface area is 176 Å². The number of anilines is 2. The number of aliphatic hydroxyl groups is 1. The van der Waals surface area contributed by atoms with Crippen molar-refractivity contribution in [1.82, 2.24) is 15.6 Å². The number of nitrogens with one attached hydrogen (secondary N) is 5. The summed E-state index contributed by atoms with van der Waals surface area (Å²) in [6.07, 6.45) is 0.545. The lowest BCUT2D eigenvalue weighted by molar-refractivity contribution is 0.108. The van der Waals surface area contributed by atoms with Crippen LogP contribution in [0.25, 0.3) is 11.3 Å². The minimum atomic E-state index is -0.617. The van der Waals surface area contributed by atoms with Crippen molar-refractivity contribution in [3.05, 3.63) is 35.9 Å². The molecule has 2 amide bonds. The average Bonchev–Trinajstić information content (AvgIpc) is 2.72. The van der Waals surface area contributed by atoms with Crippen molar-refractivity contribution in [2.24, 2.45) is 0 Å². The van der Waals surface area contributed by atoms with Crippen molar-refractivity contribution in [3.8, 4) is 17.0 Å². The number of urea groups is 1. The van der Waals surface area contributed by atoms with Crippen LogP contribution < -0.4 is 26.0 Å². The van der Waals surface area contributed by atoms with Crippen molar-refractivity contribution < 1.29 is 14.6 Å². The average molecular weight is 415 g/mol. The molecule has 162 valence electrons. The summed E-state index contributed by atoms with van der Waals surface area (Å²) in [6, 6.07) is 8.76. The van der Waals surface area contributed by atoms with Crippen LogP contribution in [0.4, 0.5) is 16.3 Å². The number of aliphatic hydroxyl groups excluding tert-OH is 1. The molecule has 0 spiro atoms. The van der Waals surface area contributed by atoms with Crippen LogP contribution in [0.5, 0.6) is 5.75 Å². The quantitative estimate of drug-likeness (QED) is 0.331. The zero-order valence-electron chi connectivity index (χ0n) is 17.7. The van der Waals surface area contributed by atoms with Gasteiger partial charge in [-0.25, -0.2) is 9.78 Å². The molecule has 9 nitrogen and oxygen atoms in total. The summed E-state index contributed by atoms with van der Waals surface area (Å²) in [5.74, 6) is 1.10. The van der Waals surface area contributed by atoms with Crippen molar-refractivity contribution in [3.63, 3.8) is 0 Å². The summed E-state index contributed by atoms with van der Waals surface area (Å²) in [7, 11) is 3.29. The van der Waals surface area contributed by atoms with Gasteiger partial charge in [-0.05, 0) is 39.1 Å². The standard InChI is InChI=1S/C21H30N6O3/c1-13(2)25-20-17(10-22)19(27-21(29)24-4)9-18(26-20)14-6-5-7-16(8-14)30-12-15(28)11-23-3/h5-10,13,15,22-23,28H,11-12H2,1-4H3,(H3,24,25,26,27,29). The molecule has 0 aliphatic carbocycles. The highest BCUT2D eigenvalue weighted by molar-refractivity contribution is 6.00. The third-order valence-corrected chi connectivity index (χ3v) is 4.12. The van der Waals surface area contributed by atoms with Crippen LogP contribution in [-0.4, -0.2) is 61.7 Å². The Bertz CT molecular complexity index is 872. The highest BCUT2D eigenvalue weighted by Gasteiger charge is 2.15. The number of carbonyl (C=O) groups excluding carboxylic acids is 1. The first-order chi connectivity index (χ1) is 14.4. The van der Waals surface area contributed by atoms with Crippen molar-refractivity contribution in [1.29, 1.82) is 5.41 Å². The van der Waals surface area contributed by atoms with Crippen molar-refractivity contribution in [2.75, 3.05) is 37.9 Å². The normalized spacial score (nSPS) is 11.7. The van der Waals surface area contributed by atoms with Crippen LogP contribution in [0, 0.1) is 5.41 Å². The number of aromatic nitrogens is 1. The van der Waals surface area contributed by atoms with Gasteiger partial charge in [0.25, 0.3) is 0 Å². The van der Waals surface area contributed by atoms with Gasteiger partial charge in [0.15, 0.2) is 0 Å². The predicted molar refractivity (Wildman–Crippen MR) is 120 cm³/mol. The summed E-state index contributed by atoms with van der Waals surface area (Å²) in [5, 5.41) is 29.0. The fraction of sp³-hybridized carbons (Fsp3) is 0.381. The molecule has 0 aliphatic heterocycles. The van der Waals surface area contributed by atoms with Gasteiger partial charge in [-0.15, -0.1) is 0 Å². The Kier molecular flexibility index (Phi) is 8.57. The molecule has 6 N–H and O–H groups in total. The molecular weight excluding hydrogens is 384 g/mol. The van der Waals surface area contributed by atoms with Gasteiger partial charge in [-0.2, -0.15) is 0 Å². The lowest BCUT2D eigenvalue weighted by Gasteiger charge is -2.18. The lowest BCUT2D eigenvalue weighted by Crippen LogP contribution is -2.29. The maximum absolute atomic E-state index is 11.9. The van der Waals surface area contributed by atoms with E-state index in [0.29, 0.717) is 35.1 Å². The lowest BCUT2D eigenvalue weighted by atomic mass is 10.1. The van der Waals surface area contributed by atoms with E-state index in [1.807, 2.05) is 32.0 Å². The minimum Gasteiger partial charge on any atom is -0.491 e. The van der Waals surface area contributed by atoms with Crippen LogP contribution in [0.1, 0.15) is 19.4 Å². The third kappa shape index (κ3) is 6.43. The maximum atomic E-state index is 11.9. The van der Waals surface area contributed by atoms with E-state index in [0.717, 1.165) is 11.8 Å². The number of ether oxygens (including phenoxy) is 1. The van der Waals surface area contributed by atoms with Crippen LogP contribution >= 0.6 is 0 Å². The Morgan fingerprint density at radius 1 is 1.30 bits per heavy atom. The van der Waals surface area contributed by atoms with Gasteiger partial charge in [0, 0.05) is 31.4 Å². The van der Waals surface area contributed by atoms with E-state index in [-0.39, 0.29) is 18.7 Å². The van der Waals surface area contributed by atoms with Crippen LogP contribution in [0.15, 0.2) is 30.3 Å². The van der Waals surface area contributed by atoms with Crippen molar-refractivity contribution >= 4 is 23.8 Å². The second-order valence-corrected chi connectivity index (χ2v) is 7.02. The van der Waals surface area contributed by atoms with Gasteiger partial charge >= 0.3 is 6.03 Å². The minimum absolute atomic E-state index is 0.0858. The first-order valence-corrected chi connectivity index (χ1v) is 9.74. The molecular formula is C21H30N6O3. The van der Waals surface area contributed by atoms with E-state index >= 15 is 0 Å². The molecule has 0 saturated carbocycles. The van der Waals surface area contributed by atoms with Crippen molar-refractivity contribution in [2.45, 2.75) is 26.0 Å². The monoisotopic (exact) mass is 414 g/mol. The molecule has 2 rings (SSSR count). The second kappa shape index (κ2) is 11.1. The Morgan fingerprint density at radius 3 is 2.70 bits per heavy atom. The molecule has 1 aromatic heterocycles. The van der Waals surface area contributed by atoms with Gasteiger partial charge in [0.2, 0.25) is 0 Å². The van der Waals surface area contributed by atoms with Gasteiger partial charge in [-0.3, -0.25) is 0 Å². The molecule has 0 bridgehead atoms. The van der Waals surface area contributed by atoms with Crippen LogP contribution in [0.3, 0.4) is 0 Å². The highest BCUT2D eigenvalue weighted by atomic mass is 16.5. The molecule has 0 fully saturated rings. The summed E-state index contributed by atoms with van der Waals surface area (Å²) in [5.41, 5.74) is 2.34. The highest BCUT2D eigenvalue weighted by Crippen LogP contribution is 2.30. The molecule has 30 heavy (non-hydrogen) atoms. The fourth-order valence-corrected chi connectivity index (χ4v) is 2.75. The SMILES string of the molecule is CNCC(O)COc1cccc(-c2cc(NC(=O)NC)c(C=N)c(NC(C)C)n2)c1. The molecule has 0 radical (unpaired) electrons. The van der Waals surface area contributed by atoms with E-state index in [4.69, 9.17) is 10.1 Å². The number of pyridine rings is 1. The number of hydrogen-bond acceptors (Lipinski definition) is 7. The van der Waals surface area contributed by atoms with E-state index in [1.54, 1.807) is 19.2 Å². The summed E-state index contributed by atoms with van der Waals surface area (Å²) >= 11 is 0. The number of likely N-dealkylation sites (N-methyl/N-ethyl adjacent to an activating group) is 1. The van der Waals surface area contributed by atoms with E-state index in [1.165, 1.54) is 7.05 Å². The number of carbonyl (C=O) groups is 1. The van der Waals surface area contributed by atoms with E-state index in [9.17, 15) is 9.90 Å². The number of amides is 2. The molecule has 0 aliphatic rings. The van der Waals surface area contributed by atoms with E-state index in [2.05, 4.69) is 26.3 Å². The van der Waals surface area contributed by atoms with Gasteiger partial charge in [0.1, 0.15) is 24.3 Å². The van der Waals surface area contributed by atoms with Crippen LogP contribution in [-0.2, 0) is 0 Å². The fourth-order valence-electron chi connectivity index (χ4n) is 2.75. The predicted octanol–water partition coefficient (Wildman–Crippen LogP) is 2.28. The number of benzene rings is 1. The Morgan fingerprint density at radius 2 is 2.07 bits per heavy atom. The zero-order chi connectivity index (χ0) is 22.1. The molecule has 0 saturated heterocycles. The Hall–Kier alpha value is -3.17. The molecule has 1 atom stereocenters. The first-order valence-electron chi connectivity index (χ1n) is 9.74. The van der Waals surface area contributed by atoms with Gasteiger partial charge < -0.3 is 36.5 Å². The first kappa shape index (κ1) is 23.1. The summed E-state index contributed by atoms with van der Waals surface area (Å²) < 4.78 is 5.69. The molecule has 1 aromatic carbocycles. The van der Waals surface area contributed by atoms with Crippen LogP contribution in [0.2, 0.25) is 0 Å². The van der Waals surface area contributed by atoms with E-state index < -0.39 is 6.10 Å². The molecule has 9 heteroatoms. The number of hydrogen-bond donors (Lipinski definition) is 6. The zero-order valence-corrected chi connectivity index (χ0v) is 17.7. The van der Waals surface area contributed by atoms with Gasteiger partial charge in [-0.1, -0.05) is 12.1 Å². The smallest absolute Gasteiger partial charge is 0.318 e. The number of rotatable bonds is 10. The largest absolute Gasteiger partial charge is 0.491 e. The molecule has 2 aromatic rings.